The van der Waals surface area contributed by atoms with Crippen LogP contribution in [0.4, 0.5) is 5.69 Å². The van der Waals surface area contributed by atoms with Gasteiger partial charge in [0.05, 0.1) is 24.0 Å². The van der Waals surface area contributed by atoms with E-state index in [-0.39, 0.29) is 12.1 Å². The molecule has 0 bridgehead atoms. The number of rotatable bonds is 6. The molecule has 106 valence electrons. The van der Waals surface area contributed by atoms with E-state index in [1.54, 1.807) is 18.2 Å². The summed E-state index contributed by atoms with van der Waals surface area (Å²) in [6.07, 6.45) is 0.826. The quantitative estimate of drug-likeness (QED) is 0.633. The van der Waals surface area contributed by atoms with Crippen molar-refractivity contribution in [1.29, 1.82) is 0 Å². The van der Waals surface area contributed by atoms with Crippen molar-refractivity contribution in [2.24, 2.45) is 5.92 Å². The first-order valence-corrected chi connectivity index (χ1v) is 6.63. The van der Waals surface area contributed by atoms with Crippen molar-refractivity contribution >= 4 is 11.7 Å². The normalized spacial score (nSPS) is 10.8. The van der Waals surface area contributed by atoms with Crippen LogP contribution in [-0.2, 0) is 4.74 Å². The summed E-state index contributed by atoms with van der Waals surface area (Å²) in [7, 11) is 0. The molecule has 0 aromatic heterocycles. The maximum atomic E-state index is 11.7. The van der Waals surface area contributed by atoms with Crippen LogP contribution in [0.5, 0.6) is 5.75 Å². The third kappa shape index (κ3) is 5.20. The summed E-state index contributed by atoms with van der Waals surface area (Å²) in [5, 5.41) is 0. The number of carbonyl (C=O) groups excluding carboxylic acids is 1. The Balaban J connectivity index is 2.66. The number of esters is 1. The highest BCUT2D eigenvalue weighted by Gasteiger charge is 2.11. The molecule has 4 heteroatoms. The molecule has 0 aliphatic rings. The summed E-state index contributed by atoms with van der Waals surface area (Å²) in [6.45, 7) is 8.52. The molecule has 0 saturated carbocycles. The molecule has 1 rings (SSSR count). The predicted molar refractivity (Wildman–Crippen MR) is 76.4 cm³/mol. The topological polar surface area (TPSA) is 61.5 Å². The monoisotopic (exact) mass is 265 g/mol. The van der Waals surface area contributed by atoms with E-state index < -0.39 is 0 Å². The van der Waals surface area contributed by atoms with Crippen molar-refractivity contribution in [2.75, 3.05) is 12.3 Å². The van der Waals surface area contributed by atoms with Crippen molar-refractivity contribution < 1.29 is 14.3 Å². The third-order valence-electron chi connectivity index (χ3n) is 2.54. The summed E-state index contributed by atoms with van der Waals surface area (Å²) in [5.74, 6) is 0.832. The van der Waals surface area contributed by atoms with E-state index >= 15 is 0 Å². The highest BCUT2D eigenvalue weighted by molar-refractivity contribution is 5.91. The molecule has 2 N–H and O–H groups in total. The van der Waals surface area contributed by atoms with Gasteiger partial charge in [-0.2, -0.15) is 0 Å². The van der Waals surface area contributed by atoms with Crippen LogP contribution in [0, 0.1) is 5.92 Å². The van der Waals surface area contributed by atoms with Gasteiger partial charge in [-0.25, -0.2) is 4.79 Å². The minimum Gasteiger partial charge on any atom is -0.491 e. The Morgan fingerprint density at radius 1 is 1.26 bits per heavy atom. The largest absolute Gasteiger partial charge is 0.491 e. The number of anilines is 1. The molecule has 0 amide bonds. The number of hydrogen-bond donors (Lipinski definition) is 1. The number of nitrogens with two attached hydrogens (primary N) is 1. The molecule has 0 radical (unpaired) electrons. The molecule has 0 heterocycles. The predicted octanol–water partition coefficient (Wildman–Crippen LogP) is 3.26. The Morgan fingerprint density at radius 2 is 1.95 bits per heavy atom. The Bertz CT molecular complexity index is 427. The lowest BCUT2D eigenvalue weighted by Gasteiger charge is -2.12. The molecule has 0 fully saturated rings. The molecule has 19 heavy (non-hydrogen) atoms. The molecule has 0 aliphatic carbocycles. The molecule has 0 spiro atoms. The van der Waals surface area contributed by atoms with Gasteiger partial charge in [0.25, 0.3) is 0 Å². The van der Waals surface area contributed by atoms with Crippen molar-refractivity contribution in [2.45, 2.75) is 40.2 Å². The van der Waals surface area contributed by atoms with E-state index in [4.69, 9.17) is 15.2 Å². The van der Waals surface area contributed by atoms with Gasteiger partial charge < -0.3 is 15.2 Å². The van der Waals surface area contributed by atoms with Crippen molar-refractivity contribution in [3.8, 4) is 5.75 Å². The number of hydrogen-bond acceptors (Lipinski definition) is 4. The molecule has 0 aliphatic heterocycles. The van der Waals surface area contributed by atoms with Gasteiger partial charge in [0, 0.05) is 0 Å². The Labute approximate surface area is 114 Å². The molecular weight excluding hydrogens is 242 g/mol. The van der Waals surface area contributed by atoms with Gasteiger partial charge in [-0.05, 0) is 44.4 Å². The SMILES string of the molecule is CC(C)CCOc1ccc(C(=O)OC(C)C)cc1N. The second kappa shape index (κ2) is 7.02. The average molecular weight is 265 g/mol. The molecule has 0 saturated heterocycles. The minimum absolute atomic E-state index is 0.143. The lowest BCUT2D eigenvalue weighted by atomic mass is 10.1. The Kier molecular flexibility index (Phi) is 5.67. The zero-order valence-electron chi connectivity index (χ0n) is 12.1. The standard InChI is InChI=1S/C15H23NO3/c1-10(2)7-8-18-14-6-5-12(9-13(14)16)15(17)19-11(3)4/h5-6,9-11H,7-8,16H2,1-4H3. The van der Waals surface area contributed by atoms with Crippen molar-refractivity contribution in [3.05, 3.63) is 23.8 Å². The zero-order valence-corrected chi connectivity index (χ0v) is 12.1. The van der Waals surface area contributed by atoms with Gasteiger partial charge in [0.1, 0.15) is 5.75 Å². The van der Waals surface area contributed by atoms with Gasteiger partial charge in [0.15, 0.2) is 0 Å². The number of carbonyl (C=O) groups is 1. The zero-order chi connectivity index (χ0) is 14.4. The summed E-state index contributed by atoms with van der Waals surface area (Å²) < 4.78 is 10.7. The van der Waals surface area contributed by atoms with E-state index in [1.165, 1.54) is 0 Å². The average Bonchev–Trinajstić information content (AvgIpc) is 2.29. The molecular formula is C15H23NO3. The second-order valence-corrected chi connectivity index (χ2v) is 5.24. The second-order valence-electron chi connectivity index (χ2n) is 5.24. The molecule has 4 nitrogen and oxygen atoms in total. The van der Waals surface area contributed by atoms with Crippen LogP contribution < -0.4 is 10.5 Å². The Morgan fingerprint density at radius 3 is 2.47 bits per heavy atom. The van der Waals surface area contributed by atoms with Gasteiger partial charge in [-0.3, -0.25) is 0 Å². The molecule has 0 atom stereocenters. The van der Waals surface area contributed by atoms with Crippen molar-refractivity contribution in [3.63, 3.8) is 0 Å². The fourth-order valence-corrected chi connectivity index (χ4v) is 1.49. The summed E-state index contributed by atoms with van der Waals surface area (Å²) in [4.78, 5) is 11.7. The maximum Gasteiger partial charge on any atom is 0.338 e. The minimum atomic E-state index is -0.365. The van der Waals surface area contributed by atoms with Gasteiger partial charge >= 0.3 is 5.97 Å². The van der Waals surface area contributed by atoms with Gasteiger partial charge in [-0.1, -0.05) is 13.8 Å². The van der Waals surface area contributed by atoms with Crippen LogP contribution in [0.25, 0.3) is 0 Å². The van der Waals surface area contributed by atoms with E-state index in [2.05, 4.69) is 13.8 Å². The van der Waals surface area contributed by atoms with Crippen LogP contribution in [-0.4, -0.2) is 18.7 Å². The first kappa shape index (κ1) is 15.3. The van der Waals surface area contributed by atoms with E-state index in [9.17, 15) is 4.79 Å². The third-order valence-corrected chi connectivity index (χ3v) is 2.54. The van der Waals surface area contributed by atoms with Crippen LogP contribution in [0.15, 0.2) is 18.2 Å². The number of ether oxygens (including phenoxy) is 2. The highest BCUT2D eigenvalue weighted by Crippen LogP contribution is 2.23. The highest BCUT2D eigenvalue weighted by atomic mass is 16.5. The van der Waals surface area contributed by atoms with E-state index in [0.717, 1.165) is 6.42 Å². The smallest absolute Gasteiger partial charge is 0.338 e. The Hall–Kier alpha value is -1.71. The molecule has 1 aromatic rings. The fourth-order valence-electron chi connectivity index (χ4n) is 1.49. The van der Waals surface area contributed by atoms with Crippen LogP contribution in [0.2, 0.25) is 0 Å². The lowest BCUT2D eigenvalue weighted by molar-refractivity contribution is 0.0378. The van der Waals surface area contributed by atoms with Gasteiger partial charge in [0.2, 0.25) is 0 Å². The van der Waals surface area contributed by atoms with Crippen LogP contribution >= 0.6 is 0 Å². The van der Waals surface area contributed by atoms with Gasteiger partial charge in [-0.15, -0.1) is 0 Å². The molecule has 0 unspecified atom stereocenters. The summed E-state index contributed by atoms with van der Waals surface area (Å²) >= 11 is 0. The van der Waals surface area contributed by atoms with Crippen LogP contribution in [0.1, 0.15) is 44.5 Å². The first-order chi connectivity index (χ1) is 8.90. The first-order valence-electron chi connectivity index (χ1n) is 6.63. The molecule has 1 aromatic carbocycles. The summed E-state index contributed by atoms with van der Waals surface area (Å²) in [6, 6.07) is 4.98. The fraction of sp³-hybridized carbons (Fsp3) is 0.533. The summed E-state index contributed by atoms with van der Waals surface area (Å²) in [5.41, 5.74) is 6.78. The van der Waals surface area contributed by atoms with E-state index in [0.29, 0.717) is 29.5 Å². The van der Waals surface area contributed by atoms with Crippen LogP contribution in [0.3, 0.4) is 0 Å². The number of nitrogen functional groups attached to an aromatic ring is 1. The van der Waals surface area contributed by atoms with E-state index in [1.807, 2.05) is 13.8 Å². The number of benzene rings is 1. The van der Waals surface area contributed by atoms with Crippen molar-refractivity contribution in [1.82, 2.24) is 0 Å². The lowest BCUT2D eigenvalue weighted by Crippen LogP contribution is -2.12. The maximum absolute atomic E-state index is 11.7.